The molecule has 0 aromatic heterocycles. The van der Waals surface area contributed by atoms with Gasteiger partial charge in [-0.25, -0.2) is 8.78 Å². The van der Waals surface area contributed by atoms with Gasteiger partial charge in [0, 0.05) is 10.6 Å². The number of benzene rings is 2. The van der Waals surface area contributed by atoms with Gasteiger partial charge < -0.3 is 4.74 Å². The van der Waals surface area contributed by atoms with Crippen LogP contribution in [0.15, 0.2) is 45.8 Å². The van der Waals surface area contributed by atoms with Gasteiger partial charge in [0.2, 0.25) is 0 Å². The number of hydrogen-bond acceptors (Lipinski definition) is 2. The van der Waals surface area contributed by atoms with Crippen molar-refractivity contribution >= 4 is 27.7 Å². The summed E-state index contributed by atoms with van der Waals surface area (Å²) in [6.45, 7) is 0. The number of rotatable bonds is 4. The van der Waals surface area contributed by atoms with E-state index in [9.17, 15) is 8.78 Å². The Morgan fingerprint density at radius 3 is 2.63 bits per heavy atom. The van der Waals surface area contributed by atoms with Crippen molar-refractivity contribution < 1.29 is 13.5 Å². The molecule has 2 aromatic rings. The molecule has 0 bridgehead atoms. The molecule has 0 heterocycles. The van der Waals surface area contributed by atoms with Gasteiger partial charge in [-0.3, -0.25) is 0 Å². The van der Waals surface area contributed by atoms with Crippen LogP contribution in [0.25, 0.3) is 0 Å². The summed E-state index contributed by atoms with van der Waals surface area (Å²) < 4.78 is 32.5. The number of halogens is 3. The second-order valence-corrected chi connectivity index (χ2v) is 5.70. The molecule has 2 aromatic carbocycles. The molecular formula is C14H11BrF2OS. The number of methoxy groups -OCH3 is 1. The smallest absolute Gasteiger partial charge is 0.136 e. The first-order chi connectivity index (χ1) is 9.10. The molecule has 0 N–H and O–H groups in total. The van der Waals surface area contributed by atoms with E-state index >= 15 is 0 Å². The molecule has 0 amide bonds. The Morgan fingerprint density at radius 2 is 1.95 bits per heavy atom. The highest BCUT2D eigenvalue weighted by molar-refractivity contribution is 9.10. The zero-order chi connectivity index (χ0) is 13.8. The van der Waals surface area contributed by atoms with E-state index in [0.29, 0.717) is 10.6 Å². The van der Waals surface area contributed by atoms with Crippen molar-refractivity contribution in [2.75, 3.05) is 7.11 Å². The summed E-state index contributed by atoms with van der Waals surface area (Å²) in [7, 11) is 1.59. The molecule has 100 valence electrons. The predicted octanol–water partition coefficient (Wildman–Crippen LogP) is 5.03. The maximum absolute atomic E-state index is 13.5. The predicted molar refractivity (Wildman–Crippen MR) is 76.6 cm³/mol. The summed E-state index contributed by atoms with van der Waals surface area (Å²) in [6, 6.07) is 9.10. The van der Waals surface area contributed by atoms with Gasteiger partial charge in [-0.1, -0.05) is 6.07 Å². The lowest BCUT2D eigenvalue weighted by Gasteiger charge is -2.07. The van der Waals surface area contributed by atoms with Gasteiger partial charge in [0.05, 0.1) is 11.6 Å². The van der Waals surface area contributed by atoms with E-state index in [4.69, 9.17) is 4.74 Å². The third-order valence-electron chi connectivity index (χ3n) is 2.50. The minimum Gasteiger partial charge on any atom is -0.496 e. The zero-order valence-electron chi connectivity index (χ0n) is 10.1. The first-order valence-corrected chi connectivity index (χ1v) is 7.28. The fourth-order valence-corrected chi connectivity index (χ4v) is 3.04. The minimum absolute atomic E-state index is 0.312. The lowest BCUT2D eigenvalue weighted by molar-refractivity contribution is 0.412. The summed E-state index contributed by atoms with van der Waals surface area (Å²) in [6.07, 6.45) is 0. The Hall–Kier alpha value is -1.07. The third-order valence-corrected chi connectivity index (χ3v) is 4.23. The Morgan fingerprint density at radius 1 is 1.16 bits per heavy atom. The highest BCUT2D eigenvalue weighted by Gasteiger charge is 2.06. The Kier molecular flexibility index (Phi) is 4.82. The standard InChI is InChI=1S/C14H11BrF2OS/c1-18-13-5-2-9(6-11(13)15)8-19-14-7-10(16)3-4-12(14)17/h2-7H,8H2,1H3. The van der Waals surface area contributed by atoms with Gasteiger partial charge in [-0.2, -0.15) is 0 Å². The molecule has 0 aliphatic rings. The fourth-order valence-electron chi connectivity index (χ4n) is 1.55. The van der Waals surface area contributed by atoms with Crippen LogP contribution in [0, 0.1) is 11.6 Å². The maximum Gasteiger partial charge on any atom is 0.136 e. The average Bonchev–Trinajstić information content (AvgIpc) is 2.40. The molecule has 5 heteroatoms. The minimum atomic E-state index is -0.431. The van der Waals surface area contributed by atoms with E-state index in [-0.39, 0.29) is 0 Å². The summed E-state index contributed by atoms with van der Waals surface area (Å²) >= 11 is 4.65. The molecule has 0 saturated heterocycles. The third kappa shape index (κ3) is 3.70. The van der Waals surface area contributed by atoms with Crippen LogP contribution in [-0.2, 0) is 5.75 Å². The van der Waals surface area contributed by atoms with Crippen molar-refractivity contribution in [3.63, 3.8) is 0 Å². The van der Waals surface area contributed by atoms with Crippen molar-refractivity contribution in [1.29, 1.82) is 0 Å². The van der Waals surface area contributed by atoms with Crippen LogP contribution in [-0.4, -0.2) is 7.11 Å². The molecule has 2 rings (SSSR count). The van der Waals surface area contributed by atoms with E-state index in [1.807, 2.05) is 18.2 Å². The van der Waals surface area contributed by atoms with Crippen molar-refractivity contribution in [2.24, 2.45) is 0 Å². The monoisotopic (exact) mass is 344 g/mol. The highest BCUT2D eigenvalue weighted by atomic mass is 79.9. The fraction of sp³-hybridized carbons (Fsp3) is 0.143. The van der Waals surface area contributed by atoms with Gasteiger partial charge in [0.15, 0.2) is 0 Å². The first kappa shape index (κ1) is 14.3. The van der Waals surface area contributed by atoms with Crippen molar-refractivity contribution in [2.45, 2.75) is 10.6 Å². The molecule has 0 atom stereocenters. The van der Waals surface area contributed by atoms with Crippen LogP contribution in [0.1, 0.15) is 5.56 Å². The van der Waals surface area contributed by atoms with Crippen LogP contribution >= 0.6 is 27.7 Å². The molecule has 0 saturated carbocycles. The van der Waals surface area contributed by atoms with Gasteiger partial charge in [-0.05, 0) is 51.8 Å². The Balaban J connectivity index is 2.10. The lowest BCUT2D eigenvalue weighted by Crippen LogP contribution is -1.88. The van der Waals surface area contributed by atoms with Crippen LogP contribution in [0.4, 0.5) is 8.78 Å². The molecular weight excluding hydrogens is 334 g/mol. The van der Waals surface area contributed by atoms with Gasteiger partial charge >= 0.3 is 0 Å². The second kappa shape index (κ2) is 6.39. The van der Waals surface area contributed by atoms with Crippen LogP contribution < -0.4 is 4.74 Å². The first-order valence-electron chi connectivity index (χ1n) is 5.50. The summed E-state index contributed by atoms with van der Waals surface area (Å²) in [5, 5.41) is 0. The topological polar surface area (TPSA) is 9.23 Å². The van der Waals surface area contributed by atoms with E-state index in [1.165, 1.54) is 17.8 Å². The van der Waals surface area contributed by atoms with E-state index < -0.39 is 11.6 Å². The van der Waals surface area contributed by atoms with E-state index in [0.717, 1.165) is 27.9 Å². The van der Waals surface area contributed by atoms with Crippen LogP contribution in [0.2, 0.25) is 0 Å². The van der Waals surface area contributed by atoms with E-state index in [1.54, 1.807) is 7.11 Å². The van der Waals surface area contributed by atoms with Crippen LogP contribution in [0.5, 0.6) is 5.75 Å². The lowest BCUT2D eigenvalue weighted by atomic mass is 10.2. The SMILES string of the molecule is COc1ccc(CSc2cc(F)ccc2F)cc1Br. The summed E-state index contributed by atoms with van der Waals surface area (Å²) in [5.74, 6) is 0.465. The summed E-state index contributed by atoms with van der Waals surface area (Å²) in [4.78, 5) is 0.312. The molecule has 0 unspecified atom stereocenters. The second-order valence-electron chi connectivity index (χ2n) is 3.83. The van der Waals surface area contributed by atoms with E-state index in [2.05, 4.69) is 15.9 Å². The average molecular weight is 345 g/mol. The van der Waals surface area contributed by atoms with Gasteiger partial charge in [0.25, 0.3) is 0 Å². The number of hydrogen-bond donors (Lipinski definition) is 0. The van der Waals surface area contributed by atoms with Gasteiger partial charge in [-0.15, -0.1) is 11.8 Å². The Labute approximate surface area is 123 Å². The molecule has 19 heavy (non-hydrogen) atoms. The Bertz CT molecular complexity index is 590. The molecule has 0 aliphatic carbocycles. The molecule has 0 radical (unpaired) electrons. The van der Waals surface area contributed by atoms with Crippen molar-refractivity contribution in [3.05, 3.63) is 58.1 Å². The zero-order valence-corrected chi connectivity index (χ0v) is 12.5. The van der Waals surface area contributed by atoms with Gasteiger partial charge in [0.1, 0.15) is 17.4 Å². The van der Waals surface area contributed by atoms with Crippen LogP contribution in [0.3, 0.4) is 0 Å². The molecule has 0 fully saturated rings. The quantitative estimate of drug-likeness (QED) is 0.719. The molecule has 0 aliphatic heterocycles. The number of thioether (sulfide) groups is 1. The largest absolute Gasteiger partial charge is 0.496 e. The number of ether oxygens (including phenoxy) is 1. The van der Waals surface area contributed by atoms with Crippen molar-refractivity contribution in [1.82, 2.24) is 0 Å². The normalized spacial score (nSPS) is 10.5. The van der Waals surface area contributed by atoms with Crippen molar-refractivity contribution in [3.8, 4) is 5.75 Å². The summed E-state index contributed by atoms with van der Waals surface area (Å²) in [5.41, 5.74) is 1.00. The molecule has 1 nitrogen and oxygen atoms in total. The molecule has 0 spiro atoms. The highest BCUT2D eigenvalue weighted by Crippen LogP contribution is 2.30. The maximum atomic E-state index is 13.5.